The number of amides is 2. The van der Waals surface area contributed by atoms with Gasteiger partial charge in [-0.25, -0.2) is 0 Å². The van der Waals surface area contributed by atoms with Gasteiger partial charge in [0.05, 0.1) is 0 Å². The van der Waals surface area contributed by atoms with E-state index in [1.165, 1.54) is 0 Å². The molecular formula is C21H26N2O3. The molecule has 2 aromatic rings. The molecule has 0 spiro atoms. The van der Waals surface area contributed by atoms with Crippen LogP contribution in [0.15, 0.2) is 54.6 Å². The first-order valence-corrected chi connectivity index (χ1v) is 8.73. The van der Waals surface area contributed by atoms with E-state index in [1.807, 2.05) is 58.0 Å². The number of para-hydroxylation sites is 1. The van der Waals surface area contributed by atoms with Crippen LogP contribution in [0.1, 0.15) is 44.5 Å². The van der Waals surface area contributed by atoms with Crippen LogP contribution in [0.3, 0.4) is 0 Å². The fourth-order valence-corrected chi connectivity index (χ4v) is 2.33. The Bertz CT molecular complexity index is 734. The molecule has 5 heteroatoms. The first-order chi connectivity index (χ1) is 12.3. The van der Waals surface area contributed by atoms with Crippen molar-refractivity contribution in [1.29, 1.82) is 0 Å². The Morgan fingerprint density at radius 2 is 1.62 bits per heavy atom. The Hall–Kier alpha value is -2.82. The molecule has 2 N–H and O–H groups in total. The SMILES string of the molecule is CCC(Oc1ccccc1)C(=O)Nc1ccc(C(=O)NC(C)(C)C)cc1. The topological polar surface area (TPSA) is 67.4 Å². The highest BCUT2D eigenvalue weighted by Gasteiger charge is 2.19. The normalized spacial score (nSPS) is 12.2. The van der Waals surface area contributed by atoms with Crippen molar-refractivity contribution in [2.45, 2.75) is 45.8 Å². The van der Waals surface area contributed by atoms with Gasteiger partial charge in [0.15, 0.2) is 6.10 Å². The van der Waals surface area contributed by atoms with Crippen molar-refractivity contribution in [2.75, 3.05) is 5.32 Å². The van der Waals surface area contributed by atoms with Crippen molar-refractivity contribution < 1.29 is 14.3 Å². The van der Waals surface area contributed by atoms with Gasteiger partial charge in [0.25, 0.3) is 11.8 Å². The summed E-state index contributed by atoms with van der Waals surface area (Å²) in [6.45, 7) is 7.68. The Morgan fingerprint density at radius 3 is 2.15 bits per heavy atom. The van der Waals surface area contributed by atoms with Crippen LogP contribution in [0.4, 0.5) is 5.69 Å². The van der Waals surface area contributed by atoms with E-state index in [2.05, 4.69) is 10.6 Å². The van der Waals surface area contributed by atoms with E-state index in [1.54, 1.807) is 24.3 Å². The number of carbonyl (C=O) groups excluding carboxylic acids is 2. The third-order valence-electron chi connectivity index (χ3n) is 3.59. The van der Waals surface area contributed by atoms with Crippen LogP contribution in [0, 0.1) is 0 Å². The summed E-state index contributed by atoms with van der Waals surface area (Å²) < 4.78 is 5.74. The second-order valence-electron chi connectivity index (χ2n) is 7.10. The van der Waals surface area contributed by atoms with Crippen molar-refractivity contribution in [1.82, 2.24) is 5.32 Å². The zero-order valence-electron chi connectivity index (χ0n) is 15.7. The Balaban J connectivity index is 1.98. The summed E-state index contributed by atoms with van der Waals surface area (Å²) in [5.41, 5.74) is 0.871. The lowest BCUT2D eigenvalue weighted by Crippen LogP contribution is -2.40. The minimum Gasteiger partial charge on any atom is -0.481 e. The van der Waals surface area contributed by atoms with E-state index in [9.17, 15) is 9.59 Å². The molecule has 1 atom stereocenters. The van der Waals surface area contributed by atoms with Crippen LogP contribution < -0.4 is 15.4 Å². The molecule has 0 radical (unpaired) electrons. The van der Waals surface area contributed by atoms with Crippen molar-refractivity contribution in [3.63, 3.8) is 0 Å². The van der Waals surface area contributed by atoms with Crippen molar-refractivity contribution in [3.05, 3.63) is 60.2 Å². The summed E-state index contributed by atoms with van der Waals surface area (Å²) in [4.78, 5) is 24.6. The van der Waals surface area contributed by atoms with Crippen molar-refractivity contribution >= 4 is 17.5 Å². The molecule has 1 unspecified atom stereocenters. The highest BCUT2D eigenvalue weighted by atomic mass is 16.5. The van der Waals surface area contributed by atoms with Crippen LogP contribution in [0.25, 0.3) is 0 Å². The maximum absolute atomic E-state index is 12.4. The fraction of sp³-hybridized carbons (Fsp3) is 0.333. The number of hydrogen-bond donors (Lipinski definition) is 2. The second kappa shape index (κ2) is 8.52. The highest BCUT2D eigenvalue weighted by molar-refractivity contribution is 5.97. The van der Waals surface area contributed by atoms with Gasteiger partial charge in [-0.15, -0.1) is 0 Å². The van der Waals surface area contributed by atoms with E-state index in [4.69, 9.17) is 4.74 Å². The molecule has 0 aliphatic carbocycles. The fourth-order valence-electron chi connectivity index (χ4n) is 2.33. The lowest BCUT2D eigenvalue weighted by molar-refractivity contribution is -0.122. The van der Waals surface area contributed by atoms with Crippen LogP contribution in [0.5, 0.6) is 5.75 Å². The van der Waals surface area contributed by atoms with E-state index in [0.717, 1.165) is 0 Å². The van der Waals surface area contributed by atoms with Crippen LogP contribution in [0.2, 0.25) is 0 Å². The number of ether oxygens (including phenoxy) is 1. The minimum absolute atomic E-state index is 0.144. The largest absolute Gasteiger partial charge is 0.481 e. The quantitative estimate of drug-likeness (QED) is 0.823. The zero-order valence-corrected chi connectivity index (χ0v) is 15.7. The van der Waals surface area contributed by atoms with Gasteiger partial charge in [-0.2, -0.15) is 0 Å². The average Bonchev–Trinajstić information content (AvgIpc) is 2.59. The summed E-state index contributed by atoms with van der Waals surface area (Å²) in [5, 5.41) is 5.74. The lowest BCUT2D eigenvalue weighted by Gasteiger charge is -2.20. The third kappa shape index (κ3) is 5.92. The number of hydrogen-bond acceptors (Lipinski definition) is 3. The molecule has 0 heterocycles. The summed E-state index contributed by atoms with van der Waals surface area (Å²) in [7, 11) is 0. The van der Waals surface area contributed by atoms with Gasteiger partial charge in [-0.1, -0.05) is 25.1 Å². The van der Waals surface area contributed by atoms with Gasteiger partial charge in [-0.05, 0) is 63.6 Å². The average molecular weight is 354 g/mol. The predicted molar refractivity (Wildman–Crippen MR) is 103 cm³/mol. The van der Waals surface area contributed by atoms with Crippen molar-refractivity contribution in [2.24, 2.45) is 0 Å². The minimum atomic E-state index is -0.582. The first-order valence-electron chi connectivity index (χ1n) is 8.73. The molecular weight excluding hydrogens is 328 g/mol. The lowest BCUT2D eigenvalue weighted by atomic mass is 10.1. The number of nitrogens with one attached hydrogen (secondary N) is 2. The third-order valence-corrected chi connectivity index (χ3v) is 3.59. The molecule has 138 valence electrons. The smallest absolute Gasteiger partial charge is 0.265 e. The highest BCUT2D eigenvalue weighted by Crippen LogP contribution is 2.15. The Labute approximate surface area is 154 Å². The number of benzene rings is 2. The van der Waals surface area contributed by atoms with Gasteiger partial charge in [0.1, 0.15) is 5.75 Å². The van der Waals surface area contributed by atoms with Gasteiger partial charge in [0.2, 0.25) is 0 Å². The molecule has 0 aliphatic rings. The second-order valence-corrected chi connectivity index (χ2v) is 7.10. The Kier molecular flexibility index (Phi) is 6.39. The predicted octanol–water partition coefficient (Wildman–Crippen LogP) is 4.01. The monoisotopic (exact) mass is 354 g/mol. The summed E-state index contributed by atoms with van der Waals surface area (Å²) in [6.07, 6.45) is -0.0337. The van der Waals surface area contributed by atoms with Crippen LogP contribution >= 0.6 is 0 Å². The molecule has 0 aromatic heterocycles. The standard InChI is InChI=1S/C21H26N2O3/c1-5-18(26-17-9-7-6-8-10-17)20(25)22-16-13-11-15(12-14-16)19(24)23-21(2,3)4/h6-14,18H,5H2,1-4H3,(H,22,25)(H,23,24). The van der Waals surface area contributed by atoms with Gasteiger partial charge < -0.3 is 15.4 Å². The number of rotatable bonds is 6. The van der Waals surface area contributed by atoms with Gasteiger partial charge in [0, 0.05) is 16.8 Å². The molecule has 2 rings (SSSR count). The first kappa shape index (κ1) is 19.5. The van der Waals surface area contributed by atoms with E-state index >= 15 is 0 Å². The molecule has 0 saturated heterocycles. The van der Waals surface area contributed by atoms with Crippen LogP contribution in [-0.4, -0.2) is 23.5 Å². The van der Waals surface area contributed by atoms with Crippen LogP contribution in [-0.2, 0) is 4.79 Å². The molecule has 26 heavy (non-hydrogen) atoms. The number of anilines is 1. The molecule has 0 fully saturated rings. The van der Waals surface area contributed by atoms with Gasteiger partial charge in [-0.3, -0.25) is 9.59 Å². The molecule has 0 bridgehead atoms. The van der Waals surface area contributed by atoms with Crippen molar-refractivity contribution in [3.8, 4) is 5.75 Å². The van der Waals surface area contributed by atoms with E-state index in [-0.39, 0.29) is 17.4 Å². The Morgan fingerprint density at radius 1 is 1.00 bits per heavy atom. The van der Waals surface area contributed by atoms with E-state index in [0.29, 0.717) is 23.4 Å². The molecule has 0 aliphatic heterocycles. The maximum Gasteiger partial charge on any atom is 0.265 e. The van der Waals surface area contributed by atoms with Gasteiger partial charge >= 0.3 is 0 Å². The molecule has 0 saturated carbocycles. The summed E-state index contributed by atoms with van der Waals surface area (Å²) >= 11 is 0. The zero-order chi connectivity index (χ0) is 19.2. The van der Waals surface area contributed by atoms with E-state index < -0.39 is 6.10 Å². The summed E-state index contributed by atoms with van der Waals surface area (Å²) in [6, 6.07) is 16.1. The molecule has 5 nitrogen and oxygen atoms in total. The summed E-state index contributed by atoms with van der Waals surface area (Å²) in [5.74, 6) is 0.293. The number of carbonyl (C=O) groups is 2. The maximum atomic E-state index is 12.4. The molecule has 2 amide bonds. The molecule has 2 aromatic carbocycles.